The molecular formula is C16H31NO2. The molecule has 0 aromatic rings. The molecule has 3 heteroatoms. The number of hydrogen-bond acceptors (Lipinski definition) is 2. The van der Waals surface area contributed by atoms with Crippen molar-refractivity contribution >= 4 is 5.97 Å². The third-order valence-electron chi connectivity index (χ3n) is 4.75. The molecule has 112 valence electrons. The molecule has 0 radical (unpaired) electrons. The zero-order valence-electron chi connectivity index (χ0n) is 13.1. The minimum absolute atomic E-state index is 0.558. The maximum absolute atomic E-state index is 11.7. The van der Waals surface area contributed by atoms with Crippen LogP contribution in [0, 0.1) is 11.3 Å². The molecule has 1 fully saturated rings. The molecule has 1 aliphatic carbocycles. The van der Waals surface area contributed by atoms with Crippen LogP contribution in [0.3, 0.4) is 0 Å². The standard InChI is InChI=1S/C16H31NO2/c1-5-16(6-2,15(18)19)12-17(11-13(3)4)14-9-7-8-10-14/h13-14H,5-12H2,1-4H3,(H,18,19). The fraction of sp³-hybridized carbons (Fsp3) is 0.938. The lowest BCUT2D eigenvalue weighted by atomic mass is 9.81. The SMILES string of the molecule is CCC(CC)(CN(CC(C)C)C1CCCC1)C(=O)O. The number of carboxylic acid groups (broad SMARTS) is 1. The van der Waals surface area contributed by atoms with Gasteiger partial charge in [0.1, 0.15) is 0 Å². The first-order chi connectivity index (χ1) is 8.95. The molecule has 0 saturated heterocycles. The average Bonchev–Trinajstić information content (AvgIpc) is 2.87. The normalized spacial score (nSPS) is 17.6. The highest BCUT2D eigenvalue weighted by Crippen LogP contribution is 2.32. The van der Waals surface area contributed by atoms with Crippen LogP contribution >= 0.6 is 0 Å². The highest BCUT2D eigenvalue weighted by molar-refractivity contribution is 5.74. The number of aliphatic carboxylic acids is 1. The monoisotopic (exact) mass is 269 g/mol. The van der Waals surface area contributed by atoms with Gasteiger partial charge in [0.25, 0.3) is 0 Å². The molecule has 1 rings (SSSR count). The average molecular weight is 269 g/mol. The summed E-state index contributed by atoms with van der Waals surface area (Å²) in [7, 11) is 0. The zero-order chi connectivity index (χ0) is 14.5. The number of rotatable bonds is 8. The third-order valence-corrected chi connectivity index (χ3v) is 4.75. The van der Waals surface area contributed by atoms with E-state index in [1.807, 2.05) is 13.8 Å². The van der Waals surface area contributed by atoms with Crippen molar-refractivity contribution in [2.24, 2.45) is 11.3 Å². The van der Waals surface area contributed by atoms with Crippen molar-refractivity contribution in [3.63, 3.8) is 0 Å². The van der Waals surface area contributed by atoms with Gasteiger partial charge in [-0.2, -0.15) is 0 Å². The molecule has 0 aromatic heterocycles. The van der Waals surface area contributed by atoms with Crippen molar-refractivity contribution < 1.29 is 9.90 Å². The Kier molecular flexibility index (Phi) is 6.31. The van der Waals surface area contributed by atoms with E-state index in [0.717, 1.165) is 25.9 Å². The van der Waals surface area contributed by atoms with Gasteiger partial charge in [0.05, 0.1) is 5.41 Å². The predicted octanol–water partition coefficient (Wildman–Crippen LogP) is 3.78. The maximum Gasteiger partial charge on any atom is 0.310 e. The zero-order valence-corrected chi connectivity index (χ0v) is 13.1. The summed E-state index contributed by atoms with van der Waals surface area (Å²) < 4.78 is 0. The molecule has 0 atom stereocenters. The fourth-order valence-electron chi connectivity index (χ4n) is 3.31. The van der Waals surface area contributed by atoms with E-state index >= 15 is 0 Å². The molecule has 3 nitrogen and oxygen atoms in total. The van der Waals surface area contributed by atoms with Crippen LogP contribution in [-0.2, 0) is 4.79 Å². The minimum atomic E-state index is -0.621. The second-order valence-corrected chi connectivity index (χ2v) is 6.55. The van der Waals surface area contributed by atoms with E-state index in [-0.39, 0.29) is 0 Å². The van der Waals surface area contributed by atoms with E-state index in [4.69, 9.17) is 0 Å². The van der Waals surface area contributed by atoms with E-state index in [1.165, 1.54) is 25.7 Å². The van der Waals surface area contributed by atoms with Gasteiger partial charge in [0.2, 0.25) is 0 Å². The van der Waals surface area contributed by atoms with Crippen LogP contribution in [0.1, 0.15) is 66.2 Å². The molecule has 0 heterocycles. The molecule has 0 unspecified atom stereocenters. The molecule has 1 saturated carbocycles. The smallest absolute Gasteiger partial charge is 0.310 e. The van der Waals surface area contributed by atoms with Crippen LogP contribution < -0.4 is 0 Å². The van der Waals surface area contributed by atoms with Crippen molar-refractivity contribution in [3.05, 3.63) is 0 Å². The maximum atomic E-state index is 11.7. The Labute approximate surface area is 118 Å². The van der Waals surface area contributed by atoms with Crippen LogP contribution in [0.4, 0.5) is 0 Å². The Morgan fingerprint density at radius 2 is 1.79 bits per heavy atom. The number of carboxylic acids is 1. The first-order valence-electron chi connectivity index (χ1n) is 7.92. The van der Waals surface area contributed by atoms with Gasteiger partial charge >= 0.3 is 5.97 Å². The summed E-state index contributed by atoms with van der Waals surface area (Å²) in [6, 6.07) is 0.610. The predicted molar refractivity (Wildman–Crippen MR) is 79.3 cm³/mol. The van der Waals surface area contributed by atoms with Gasteiger partial charge in [-0.15, -0.1) is 0 Å². The minimum Gasteiger partial charge on any atom is -0.481 e. The Morgan fingerprint density at radius 1 is 1.26 bits per heavy atom. The first kappa shape index (κ1) is 16.5. The second-order valence-electron chi connectivity index (χ2n) is 6.55. The van der Waals surface area contributed by atoms with Gasteiger partial charge in [0.15, 0.2) is 0 Å². The largest absolute Gasteiger partial charge is 0.481 e. The molecule has 1 aliphatic rings. The van der Waals surface area contributed by atoms with Gasteiger partial charge in [-0.25, -0.2) is 0 Å². The van der Waals surface area contributed by atoms with Gasteiger partial charge in [-0.3, -0.25) is 9.69 Å². The lowest BCUT2D eigenvalue weighted by molar-refractivity contribution is -0.151. The van der Waals surface area contributed by atoms with Crippen LogP contribution in [0.2, 0.25) is 0 Å². The number of nitrogens with zero attached hydrogens (tertiary/aromatic N) is 1. The van der Waals surface area contributed by atoms with Gasteiger partial charge in [-0.05, 0) is 31.6 Å². The lowest BCUT2D eigenvalue weighted by Gasteiger charge is -2.38. The summed E-state index contributed by atoms with van der Waals surface area (Å²) in [4.78, 5) is 14.2. The number of carbonyl (C=O) groups is 1. The highest BCUT2D eigenvalue weighted by Gasteiger charge is 2.38. The Hall–Kier alpha value is -0.570. The summed E-state index contributed by atoms with van der Waals surface area (Å²) >= 11 is 0. The summed E-state index contributed by atoms with van der Waals surface area (Å²) in [5, 5.41) is 9.62. The molecular weight excluding hydrogens is 238 g/mol. The summed E-state index contributed by atoms with van der Waals surface area (Å²) in [5.74, 6) is -0.0231. The first-order valence-corrected chi connectivity index (χ1v) is 7.92. The molecule has 0 aliphatic heterocycles. The van der Waals surface area contributed by atoms with E-state index in [1.54, 1.807) is 0 Å². The van der Waals surface area contributed by atoms with Gasteiger partial charge in [-0.1, -0.05) is 40.5 Å². The van der Waals surface area contributed by atoms with E-state index in [9.17, 15) is 9.90 Å². The summed E-state index contributed by atoms with van der Waals surface area (Å²) in [6.45, 7) is 10.2. The molecule has 0 amide bonds. The van der Waals surface area contributed by atoms with Gasteiger partial charge in [0, 0.05) is 19.1 Å². The molecule has 0 spiro atoms. The molecule has 19 heavy (non-hydrogen) atoms. The van der Waals surface area contributed by atoms with Crippen LogP contribution in [-0.4, -0.2) is 35.1 Å². The Morgan fingerprint density at radius 3 is 2.16 bits per heavy atom. The van der Waals surface area contributed by atoms with Crippen molar-refractivity contribution in [2.75, 3.05) is 13.1 Å². The second kappa shape index (κ2) is 7.28. The van der Waals surface area contributed by atoms with Crippen molar-refractivity contribution in [1.82, 2.24) is 4.90 Å². The van der Waals surface area contributed by atoms with E-state index in [0.29, 0.717) is 12.0 Å². The van der Waals surface area contributed by atoms with Crippen LogP contribution in [0.15, 0.2) is 0 Å². The molecule has 1 N–H and O–H groups in total. The van der Waals surface area contributed by atoms with E-state index < -0.39 is 11.4 Å². The molecule has 0 aromatic carbocycles. The quantitative estimate of drug-likeness (QED) is 0.729. The van der Waals surface area contributed by atoms with Crippen molar-refractivity contribution in [1.29, 1.82) is 0 Å². The highest BCUT2D eigenvalue weighted by atomic mass is 16.4. The molecule has 0 bridgehead atoms. The number of hydrogen-bond donors (Lipinski definition) is 1. The fourth-order valence-corrected chi connectivity index (χ4v) is 3.31. The van der Waals surface area contributed by atoms with Crippen LogP contribution in [0.25, 0.3) is 0 Å². The summed E-state index contributed by atoms with van der Waals surface area (Å²) in [5.41, 5.74) is -0.558. The lowest BCUT2D eigenvalue weighted by Crippen LogP contribution is -2.47. The third kappa shape index (κ3) is 4.20. The van der Waals surface area contributed by atoms with Crippen molar-refractivity contribution in [3.8, 4) is 0 Å². The topological polar surface area (TPSA) is 40.5 Å². The Bertz CT molecular complexity index is 278. The summed E-state index contributed by atoms with van der Waals surface area (Å²) in [6.07, 6.45) is 6.54. The van der Waals surface area contributed by atoms with Gasteiger partial charge < -0.3 is 5.11 Å². The van der Waals surface area contributed by atoms with E-state index in [2.05, 4.69) is 18.7 Å². The van der Waals surface area contributed by atoms with Crippen molar-refractivity contribution in [2.45, 2.75) is 72.3 Å². The van der Waals surface area contributed by atoms with Crippen LogP contribution in [0.5, 0.6) is 0 Å². The Balaban J connectivity index is 2.81.